The van der Waals surface area contributed by atoms with Gasteiger partial charge < -0.3 is 15.0 Å². The van der Waals surface area contributed by atoms with Crippen molar-refractivity contribution >= 4 is 35.0 Å². The second-order valence-electron chi connectivity index (χ2n) is 10.0. The van der Waals surface area contributed by atoms with Crippen molar-refractivity contribution in [3.8, 4) is 5.75 Å². The Morgan fingerprint density at radius 1 is 0.947 bits per heavy atom. The van der Waals surface area contributed by atoms with E-state index in [0.29, 0.717) is 22.2 Å². The molecule has 1 unspecified atom stereocenters. The molecular weight excluding hydrogens is 519 g/mol. The average Bonchev–Trinajstić information content (AvgIpc) is 3.41. The predicted octanol–water partition coefficient (Wildman–Crippen LogP) is 6.69. The number of nitrogens with one attached hydrogen (secondary N) is 1. The number of halogens is 2. The van der Waals surface area contributed by atoms with E-state index in [4.69, 9.17) is 27.9 Å². The van der Waals surface area contributed by atoms with Crippen molar-refractivity contribution in [2.45, 2.75) is 64.6 Å². The molecule has 0 aromatic heterocycles. The van der Waals surface area contributed by atoms with Crippen molar-refractivity contribution in [1.29, 1.82) is 0 Å². The molecule has 3 aromatic carbocycles. The van der Waals surface area contributed by atoms with Crippen LogP contribution in [-0.4, -0.2) is 35.4 Å². The minimum absolute atomic E-state index is 0.139. The fourth-order valence-electron chi connectivity index (χ4n) is 4.97. The molecule has 1 aliphatic carbocycles. The average molecular weight is 554 g/mol. The topological polar surface area (TPSA) is 58.6 Å². The van der Waals surface area contributed by atoms with Gasteiger partial charge in [-0.1, -0.05) is 78.5 Å². The summed E-state index contributed by atoms with van der Waals surface area (Å²) in [6.07, 6.45) is 4.53. The lowest BCUT2D eigenvalue weighted by Crippen LogP contribution is -2.53. The van der Waals surface area contributed by atoms with Gasteiger partial charge in [-0.2, -0.15) is 0 Å². The third kappa shape index (κ3) is 7.52. The first-order valence-electron chi connectivity index (χ1n) is 13.1. The Kier molecular flexibility index (Phi) is 9.70. The molecule has 1 N–H and O–H groups in total. The summed E-state index contributed by atoms with van der Waals surface area (Å²) in [7, 11) is 0. The molecule has 0 heterocycles. The number of amides is 2. The lowest BCUT2D eigenvalue weighted by Gasteiger charge is -2.32. The van der Waals surface area contributed by atoms with Gasteiger partial charge >= 0.3 is 0 Å². The molecule has 7 heteroatoms. The number of carbonyl (C=O) groups is 2. The summed E-state index contributed by atoms with van der Waals surface area (Å²) in [5.74, 6) is 0.141. The quantitative estimate of drug-likeness (QED) is 0.305. The molecule has 0 saturated heterocycles. The van der Waals surface area contributed by atoms with Crippen molar-refractivity contribution in [1.82, 2.24) is 10.2 Å². The normalized spacial score (nSPS) is 14.2. The van der Waals surface area contributed by atoms with Crippen LogP contribution in [0.1, 0.15) is 47.9 Å². The van der Waals surface area contributed by atoms with Crippen LogP contribution in [0.3, 0.4) is 0 Å². The summed E-state index contributed by atoms with van der Waals surface area (Å²) in [4.78, 5) is 29.1. The van der Waals surface area contributed by atoms with Crippen LogP contribution in [0.5, 0.6) is 5.75 Å². The largest absolute Gasteiger partial charge is 0.484 e. The molecule has 0 spiro atoms. The Labute approximate surface area is 235 Å². The van der Waals surface area contributed by atoms with Gasteiger partial charge in [-0.25, -0.2) is 0 Å². The highest BCUT2D eigenvalue weighted by Gasteiger charge is 2.32. The van der Waals surface area contributed by atoms with Gasteiger partial charge in [0.15, 0.2) is 6.61 Å². The number of hydrogen-bond acceptors (Lipinski definition) is 3. The van der Waals surface area contributed by atoms with Crippen LogP contribution in [0.25, 0.3) is 0 Å². The van der Waals surface area contributed by atoms with E-state index in [1.165, 1.54) is 0 Å². The highest BCUT2D eigenvalue weighted by Crippen LogP contribution is 2.26. The Hall–Kier alpha value is -3.02. The van der Waals surface area contributed by atoms with E-state index in [2.05, 4.69) is 5.32 Å². The van der Waals surface area contributed by atoms with Crippen LogP contribution in [0.2, 0.25) is 10.0 Å². The predicted molar refractivity (Wildman–Crippen MR) is 153 cm³/mol. The number of hydrogen-bond donors (Lipinski definition) is 1. The number of ether oxygens (including phenoxy) is 1. The van der Waals surface area contributed by atoms with Gasteiger partial charge in [0.2, 0.25) is 5.91 Å². The number of rotatable bonds is 10. The lowest BCUT2D eigenvalue weighted by atomic mass is 10.0. The maximum absolute atomic E-state index is 13.8. The highest BCUT2D eigenvalue weighted by atomic mass is 35.5. The number of aryl methyl sites for hydroxylation is 2. The van der Waals surface area contributed by atoms with Gasteiger partial charge in [0.1, 0.15) is 11.8 Å². The van der Waals surface area contributed by atoms with Gasteiger partial charge in [0, 0.05) is 29.1 Å². The fourth-order valence-corrected chi connectivity index (χ4v) is 5.29. The first-order valence-corrected chi connectivity index (χ1v) is 13.8. The Morgan fingerprint density at radius 2 is 1.61 bits per heavy atom. The van der Waals surface area contributed by atoms with E-state index in [0.717, 1.165) is 47.9 Å². The number of nitrogens with zero attached hydrogens (tertiary/aromatic N) is 1. The monoisotopic (exact) mass is 552 g/mol. The third-order valence-corrected chi connectivity index (χ3v) is 7.82. The zero-order valence-electron chi connectivity index (χ0n) is 21.9. The number of benzene rings is 3. The second-order valence-corrected chi connectivity index (χ2v) is 10.8. The molecule has 0 bridgehead atoms. The molecule has 3 aromatic rings. The molecule has 0 aliphatic heterocycles. The Bertz CT molecular complexity index is 1240. The first-order chi connectivity index (χ1) is 18.3. The SMILES string of the molecule is Cc1cc(OCC(=O)N(Cc2cccc(Cl)c2)C(Cc2ccccc2)C(=O)NC2CCCC2)cc(C)c1Cl. The number of carbonyl (C=O) groups excluding carboxylic acids is 2. The summed E-state index contributed by atoms with van der Waals surface area (Å²) >= 11 is 12.6. The minimum atomic E-state index is -0.707. The molecule has 4 rings (SSSR count). The second kappa shape index (κ2) is 13.2. The van der Waals surface area contributed by atoms with Gasteiger partial charge in [0.05, 0.1) is 0 Å². The highest BCUT2D eigenvalue weighted by molar-refractivity contribution is 6.32. The molecule has 2 amide bonds. The summed E-state index contributed by atoms with van der Waals surface area (Å²) in [5, 5.41) is 4.47. The van der Waals surface area contributed by atoms with Crippen molar-refractivity contribution in [2.75, 3.05) is 6.61 Å². The van der Waals surface area contributed by atoms with Crippen LogP contribution < -0.4 is 10.1 Å². The smallest absolute Gasteiger partial charge is 0.261 e. The Morgan fingerprint density at radius 3 is 2.26 bits per heavy atom. The van der Waals surface area contributed by atoms with Gasteiger partial charge in [-0.3, -0.25) is 9.59 Å². The zero-order chi connectivity index (χ0) is 27.1. The van der Waals surface area contributed by atoms with Crippen LogP contribution >= 0.6 is 23.2 Å². The zero-order valence-corrected chi connectivity index (χ0v) is 23.4. The van der Waals surface area contributed by atoms with Crippen molar-refractivity contribution in [3.63, 3.8) is 0 Å². The van der Waals surface area contributed by atoms with E-state index in [1.54, 1.807) is 11.0 Å². The summed E-state index contributed by atoms with van der Waals surface area (Å²) in [5.41, 5.74) is 3.58. The maximum Gasteiger partial charge on any atom is 0.261 e. The molecule has 200 valence electrons. The molecule has 1 aliphatic rings. The summed E-state index contributed by atoms with van der Waals surface area (Å²) in [6.45, 7) is 3.83. The first kappa shape index (κ1) is 28.0. The van der Waals surface area contributed by atoms with E-state index < -0.39 is 6.04 Å². The van der Waals surface area contributed by atoms with Gasteiger partial charge in [0.25, 0.3) is 5.91 Å². The van der Waals surface area contributed by atoms with E-state index >= 15 is 0 Å². The van der Waals surface area contributed by atoms with E-state index in [-0.39, 0.29) is 31.0 Å². The molecule has 1 saturated carbocycles. The molecule has 5 nitrogen and oxygen atoms in total. The molecular formula is C31H34Cl2N2O3. The summed E-state index contributed by atoms with van der Waals surface area (Å²) in [6, 6.07) is 20.2. The molecule has 1 fully saturated rings. The fraction of sp³-hybridized carbons (Fsp3) is 0.355. The van der Waals surface area contributed by atoms with Gasteiger partial charge in [-0.05, 0) is 73.2 Å². The maximum atomic E-state index is 13.8. The minimum Gasteiger partial charge on any atom is -0.484 e. The van der Waals surface area contributed by atoms with E-state index in [9.17, 15) is 9.59 Å². The van der Waals surface area contributed by atoms with E-state index in [1.807, 2.05) is 74.5 Å². The third-order valence-electron chi connectivity index (χ3n) is 6.99. The standard InChI is InChI=1S/C31H34Cl2N2O3/c1-21-15-27(16-22(2)30(21)33)38-20-29(36)35(19-24-11-8-12-25(32)17-24)28(18-23-9-4-3-5-10-23)31(37)34-26-13-6-7-14-26/h3-5,8-12,15-17,26,28H,6-7,13-14,18-20H2,1-2H3,(H,34,37). The van der Waals surface area contributed by atoms with Gasteiger partial charge in [-0.15, -0.1) is 0 Å². The molecule has 1 atom stereocenters. The van der Waals surface area contributed by atoms with Crippen molar-refractivity contribution < 1.29 is 14.3 Å². The van der Waals surface area contributed by atoms with Crippen LogP contribution in [-0.2, 0) is 22.6 Å². The van der Waals surface area contributed by atoms with Crippen molar-refractivity contribution in [3.05, 3.63) is 99.0 Å². The van der Waals surface area contributed by atoms with Crippen molar-refractivity contribution in [2.24, 2.45) is 0 Å². The Balaban J connectivity index is 1.62. The molecule has 38 heavy (non-hydrogen) atoms. The lowest BCUT2D eigenvalue weighted by molar-refractivity contribution is -0.143. The van der Waals surface area contributed by atoms with Crippen LogP contribution in [0, 0.1) is 13.8 Å². The summed E-state index contributed by atoms with van der Waals surface area (Å²) < 4.78 is 5.93. The molecule has 0 radical (unpaired) electrons. The van der Waals surface area contributed by atoms with Crippen LogP contribution in [0.15, 0.2) is 66.7 Å². The van der Waals surface area contributed by atoms with Crippen LogP contribution in [0.4, 0.5) is 0 Å².